The Balaban J connectivity index is 1.61. The topological polar surface area (TPSA) is 80.0 Å². The third-order valence-electron chi connectivity index (χ3n) is 5.26. The molecule has 4 rings (SSSR count). The van der Waals surface area contributed by atoms with E-state index in [0.29, 0.717) is 36.7 Å². The summed E-state index contributed by atoms with van der Waals surface area (Å²) in [6, 6.07) is 3.71. The van der Waals surface area contributed by atoms with Gasteiger partial charge in [0, 0.05) is 43.5 Å². The maximum absolute atomic E-state index is 12.5. The quantitative estimate of drug-likeness (QED) is 0.808. The monoisotopic (exact) mass is 370 g/mol. The minimum Gasteiger partial charge on any atom is -0.494 e. The van der Waals surface area contributed by atoms with E-state index in [9.17, 15) is 9.59 Å². The zero-order chi connectivity index (χ0) is 18.8. The molecule has 0 aromatic heterocycles. The lowest BCUT2D eigenvalue weighted by atomic mass is 9.97. The summed E-state index contributed by atoms with van der Waals surface area (Å²) in [5.74, 6) is 0.743. The van der Waals surface area contributed by atoms with Crippen LogP contribution in [0.1, 0.15) is 44.9 Å². The maximum Gasteiger partial charge on any atom is 0.253 e. The summed E-state index contributed by atoms with van der Waals surface area (Å²) in [7, 11) is 1.58. The van der Waals surface area contributed by atoms with Crippen molar-refractivity contribution in [1.82, 2.24) is 0 Å². The van der Waals surface area contributed by atoms with Gasteiger partial charge < -0.3 is 14.8 Å². The first-order valence-corrected chi connectivity index (χ1v) is 9.50. The van der Waals surface area contributed by atoms with Crippen LogP contribution in [0.3, 0.4) is 0 Å². The highest BCUT2D eigenvalue weighted by molar-refractivity contribution is 5.95. The lowest BCUT2D eigenvalue weighted by Crippen LogP contribution is -2.34. The highest BCUT2D eigenvalue weighted by Gasteiger charge is 2.26. The minimum absolute atomic E-state index is 0.139. The summed E-state index contributed by atoms with van der Waals surface area (Å²) in [5, 5.41) is 9.28. The average molecular weight is 370 g/mol. The molecule has 0 radical (unpaired) electrons. The minimum atomic E-state index is -0.405. The molecule has 7 nitrogen and oxygen atoms in total. The highest BCUT2D eigenvalue weighted by atomic mass is 16.5. The van der Waals surface area contributed by atoms with E-state index < -0.39 is 6.10 Å². The van der Waals surface area contributed by atoms with Gasteiger partial charge in [-0.1, -0.05) is 4.68 Å². The third kappa shape index (κ3) is 3.78. The molecule has 1 saturated carbocycles. The summed E-state index contributed by atoms with van der Waals surface area (Å²) in [6.45, 7) is 0.627. The molecule has 2 aliphatic heterocycles. The number of hydrogen-bond acceptors (Lipinski definition) is 5. The Morgan fingerprint density at radius 2 is 2.07 bits per heavy atom. The summed E-state index contributed by atoms with van der Waals surface area (Å²) >= 11 is 0. The zero-order valence-corrected chi connectivity index (χ0v) is 15.5. The molecule has 1 aromatic carbocycles. The zero-order valence-electron chi connectivity index (χ0n) is 15.5. The van der Waals surface area contributed by atoms with Gasteiger partial charge >= 0.3 is 0 Å². The SMILES string of the molecule is COc1cc2c(cc1NC(=O)[C@@H]1CCCCO1)=C[N+](=C1CCC(=O)CC1)N=2. The smallest absolute Gasteiger partial charge is 0.253 e. The Kier molecular flexibility index (Phi) is 5.03. The van der Waals surface area contributed by atoms with Crippen molar-refractivity contribution in [3.05, 3.63) is 22.7 Å². The van der Waals surface area contributed by atoms with Gasteiger partial charge in [-0.25, -0.2) is 0 Å². The predicted octanol–water partition coefficient (Wildman–Crippen LogP) is 1.09. The lowest BCUT2D eigenvalue weighted by Gasteiger charge is -2.22. The van der Waals surface area contributed by atoms with Crippen molar-refractivity contribution in [2.24, 2.45) is 5.10 Å². The van der Waals surface area contributed by atoms with Crippen LogP contribution in [0.4, 0.5) is 5.69 Å². The van der Waals surface area contributed by atoms with E-state index in [1.54, 1.807) is 7.11 Å². The van der Waals surface area contributed by atoms with Crippen molar-refractivity contribution in [3.63, 3.8) is 0 Å². The number of anilines is 1. The standard InChI is InChI=1S/C20H23N3O4/c1-26-19-11-16-13(12-23(22-16)14-5-7-15(24)8-6-14)10-17(19)21-20(25)18-4-2-3-9-27-18/h10-12,18H,2-9H2,1H3/p+1/t18-/m0/s1. The number of ether oxygens (including phenoxy) is 2. The van der Waals surface area contributed by atoms with Gasteiger partial charge in [-0.2, -0.15) is 0 Å². The number of carbonyl (C=O) groups is 2. The van der Waals surface area contributed by atoms with Crippen LogP contribution < -0.4 is 20.6 Å². The van der Waals surface area contributed by atoms with Crippen molar-refractivity contribution in [2.45, 2.75) is 51.0 Å². The van der Waals surface area contributed by atoms with Gasteiger partial charge in [-0.3, -0.25) is 9.59 Å². The van der Waals surface area contributed by atoms with E-state index in [4.69, 9.17) is 9.47 Å². The molecule has 1 atom stereocenters. The number of rotatable bonds is 3. The van der Waals surface area contributed by atoms with Gasteiger partial charge in [0.05, 0.1) is 18.0 Å². The third-order valence-corrected chi connectivity index (χ3v) is 5.26. The number of amides is 1. The van der Waals surface area contributed by atoms with E-state index >= 15 is 0 Å². The molecule has 0 spiro atoms. The van der Waals surface area contributed by atoms with Crippen LogP contribution in [0.5, 0.6) is 5.75 Å². The molecule has 2 fully saturated rings. The van der Waals surface area contributed by atoms with Crippen LogP contribution in [0.2, 0.25) is 0 Å². The van der Waals surface area contributed by atoms with Crippen LogP contribution >= 0.6 is 0 Å². The van der Waals surface area contributed by atoms with Gasteiger partial charge in [0.15, 0.2) is 5.71 Å². The Hall–Kier alpha value is -2.54. The normalized spacial score (nSPS) is 22.0. The van der Waals surface area contributed by atoms with Crippen LogP contribution in [-0.4, -0.2) is 41.9 Å². The van der Waals surface area contributed by atoms with Crippen molar-refractivity contribution in [2.75, 3.05) is 19.0 Å². The van der Waals surface area contributed by atoms with E-state index in [0.717, 1.165) is 48.4 Å². The highest BCUT2D eigenvalue weighted by Crippen LogP contribution is 2.22. The maximum atomic E-state index is 12.5. The number of methoxy groups -OCH3 is 1. The number of nitrogens with one attached hydrogen (secondary N) is 1. The summed E-state index contributed by atoms with van der Waals surface area (Å²) in [4.78, 5) is 24.0. The van der Waals surface area contributed by atoms with Crippen LogP contribution in [0.15, 0.2) is 17.2 Å². The number of carbonyl (C=O) groups excluding carboxylic acids is 2. The molecule has 3 aliphatic rings. The van der Waals surface area contributed by atoms with Gasteiger partial charge in [0.25, 0.3) is 5.91 Å². The Morgan fingerprint density at radius 3 is 2.78 bits per heavy atom. The van der Waals surface area contributed by atoms with Gasteiger partial charge in [0.1, 0.15) is 23.0 Å². The first kappa shape index (κ1) is 17.9. The largest absolute Gasteiger partial charge is 0.494 e. The van der Waals surface area contributed by atoms with Gasteiger partial charge in [0.2, 0.25) is 6.20 Å². The first-order chi connectivity index (χ1) is 13.1. The molecule has 1 aliphatic carbocycles. The van der Waals surface area contributed by atoms with E-state index in [2.05, 4.69) is 10.4 Å². The van der Waals surface area contributed by atoms with Crippen molar-refractivity contribution in [3.8, 4) is 5.75 Å². The van der Waals surface area contributed by atoms with E-state index in [1.807, 2.05) is 23.0 Å². The van der Waals surface area contributed by atoms with E-state index in [1.165, 1.54) is 0 Å². The fraction of sp³-hybridized carbons (Fsp3) is 0.500. The van der Waals surface area contributed by atoms with Crippen molar-refractivity contribution in [1.29, 1.82) is 0 Å². The molecular weight excluding hydrogens is 346 g/mol. The van der Waals surface area contributed by atoms with E-state index in [-0.39, 0.29) is 5.91 Å². The second-order valence-electron chi connectivity index (χ2n) is 7.13. The molecule has 1 aromatic rings. The number of benzene rings is 1. The first-order valence-electron chi connectivity index (χ1n) is 9.50. The average Bonchev–Trinajstić information content (AvgIpc) is 3.11. The lowest BCUT2D eigenvalue weighted by molar-refractivity contribution is -0.429. The fourth-order valence-electron chi connectivity index (χ4n) is 3.69. The van der Waals surface area contributed by atoms with Gasteiger partial charge in [-0.15, -0.1) is 0 Å². The predicted molar refractivity (Wildman–Crippen MR) is 99.2 cm³/mol. The Morgan fingerprint density at radius 1 is 1.26 bits per heavy atom. The number of ketones is 1. The number of nitrogens with zero attached hydrogens (tertiary/aromatic N) is 2. The molecular formula is C20H24N3O4+. The van der Waals surface area contributed by atoms with Crippen molar-refractivity contribution < 1.29 is 23.7 Å². The van der Waals surface area contributed by atoms with Crippen LogP contribution in [0, 0.1) is 0 Å². The molecule has 0 unspecified atom stereocenters. The van der Waals surface area contributed by atoms with Crippen LogP contribution in [-0.2, 0) is 14.3 Å². The molecule has 2 heterocycles. The van der Waals surface area contributed by atoms with Crippen LogP contribution in [0.25, 0.3) is 6.20 Å². The summed E-state index contributed by atoms with van der Waals surface area (Å²) in [6.07, 6.45) is 6.94. The molecule has 1 N–H and O–H groups in total. The Labute approximate surface area is 157 Å². The molecule has 27 heavy (non-hydrogen) atoms. The summed E-state index contributed by atoms with van der Waals surface area (Å²) in [5.41, 5.74) is 1.76. The number of fused-ring (bicyclic) bond motifs is 1. The fourth-order valence-corrected chi connectivity index (χ4v) is 3.69. The summed E-state index contributed by atoms with van der Waals surface area (Å²) < 4.78 is 12.9. The van der Waals surface area contributed by atoms with Crippen molar-refractivity contribution >= 4 is 29.3 Å². The Bertz CT molecular complexity index is 917. The molecule has 7 heteroatoms. The molecule has 1 saturated heterocycles. The molecule has 1 amide bonds. The number of Topliss-reactive ketones (excluding diaryl/α,β-unsaturated/α-hetero) is 1. The van der Waals surface area contributed by atoms with Gasteiger partial charge in [-0.05, 0) is 25.3 Å². The number of hydrogen-bond donors (Lipinski definition) is 1. The molecule has 0 bridgehead atoms. The second-order valence-corrected chi connectivity index (χ2v) is 7.13. The second kappa shape index (κ2) is 7.60. The molecule has 142 valence electrons.